The minimum absolute atomic E-state index is 0.0308. The van der Waals surface area contributed by atoms with Crippen LogP contribution in [0.15, 0.2) is 29.2 Å². The molecule has 1 atom stereocenters. The lowest BCUT2D eigenvalue weighted by atomic mass is 9.99. The normalized spacial score (nSPS) is 18.6. The van der Waals surface area contributed by atoms with Gasteiger partial charge in [-0.25, -0.2) is 13.4 Å². The molecule has 3 rings (SSSR count). The molecule has 2 heterocycles. The van der Waals surface area contributed by atoms with E-state index in [1.807, 2.05) is 0 Å². The van der Waals surface area contributed by atoms with Crippen molar-refractivity contribution >= 4 is 15.9 Å². The third-order valence-electron chi connectivity index (χ3n) is 4.57. The second-order valence-corrected chi connectivity index (χ2v) is 8.74. The molecule has 0 spiro atoms. The Kier molecular flexibility index (Phi) is 5.94. The van der Waals surface area contributed by atoms with Crippen LogP contribution in [0.2, 0.25) is 0 Å². The first-order valence-corrected chi connectivity index (χ1v) is 10.3. The van der Waals surface area contributed by atoms with Crippen molar-refractivity contribution in [2.75, 3.05) is 19.6 Å². The highest BCUT2D eigenvalue weighted by Gasteiger charge is 2.33. The number of carbonyl (C=O) groups is 1. The number of hydrogen-bond donors (Lipinski definition) is 2. The van der Waals surface area contributed by atoms with Crippen LogP contribution in [0.25, 0.3) is 0 Å². The van der Waals surface area contributed by atoms with Gasteiger partial charge >= 0.3 is 6.18 Å². The number of carbonyl (C=O) groups excluding carboxylic acids is 1. The van der Waals surface area contributed by atoms with Crippen molar-refractivity contribution in [3.63, 3.8) is 0 Å². The Hall–Kier alpha value is -2.47. The van der Waals surface area contributed by atoms with Crippen molar-refractivity contribution < 1.29 is 26.4 Å². The topological polar surface area (TPSA) is 108 Å². The van der Waals surface area contributed by atoms with Crippen LogP contribution in [0.5, 0.6) is 0 Å². The zero-order valence-corrected chi connectivity index (χ0v) is 16.3. The van der Waals surface area contributed by atoms with Crippen LogP contribution in [0.3, 0.4) is 0 Å². The van der Waals surface area contributed by atoms with Crippen molar-refractivity contribution in [3.8, 4) is 0 Å². The number of halogens is 3. The highest BCUT2D eigenvalue weighted by atomic mass is 32.2. The molecule has 12 heteroatoms. The van der Waals surface area contributed by atoms with E-state index in [2.05, 4.69) is 15.2 Å². The number of sulfonamides is 1. The quantitative estimate of drug-likeness (QED) is 0.753. The minimum atomic E-state index is -4.52. The van der Waals surface area contributed by atoms with E-state index < -0.39 is 28.7 Å². The Morgan fingerprint density at radius 3 is 2.59 bits per heavy atom. The fourth-order valence-electron chi connectivity index (χ4n) is 3.12. The average molecular weight is 431 g/mol. The van der Waals surface area contributed by atoms with Gasteiger partial charge in [-0.15, -0.1) is 0 Å². The molecule has 1 aliphatic rings. The van der Waals surface area contributed by atoms with Gasteiger partial charge in [0.15, 0.2) is 5.82 Å². The predicted octanol–water partition coefficient (Wildman–Crippen LogP) is 1.97. The molecule has 29 heavy (non-hydrogen) atoms. The maximum absolute atomic E-state index is 12.9. The average Bonchev–Trinajstić information content (AvgIpc) is 3.12. The standard InChI is InChI=1S/C17H20F3N5O3S/c1-11-22-15(24-23-11)13-3-2-8-25(9-13)29(27,28)14-6-4-12(5-7-14)16(26)21-10-17(18,19)20/h4-7,13H,2-3,8-10H2,1H3,(H,21,26)(H,22,23,24)/t13-/m0/s1. The number of nitrogens with zero attached hydrogens (tertiary/aromatic N) is 3. The maximum atomic E-state index is 12.9. The fraction of sp³-hybridized carbons (Fsp3) is 0.471. The Labute approximate surface area is 165 Å². The second kappa shape index (κ2) is 8.11. The molecular weight excluding hydrogens is 411 g/mol. The van der Waals surface area contributed by atoms with Crippen molar-refractivity contribution in [1.82, 2.24) is 24.8 Å². The summed E-state index contributed by atoms with van der Waals surface area (Å²) in [5, 5.41) is 8.61. The number of nitrogens with one attached hydrogen (secondary N) is 2. The number of hydrogen-bond acceptors (Lipinski definition) is 5. The highest BCUT2D eigenvalue weighted by Crippen LogP contribution is 2.28. The predicted molar refractivity (Wildman–Crippen MR) is 96.7 cm³/mol. The Balaban J connectivity index is 1.71. The number of H-pyrrole nitrogens is 1. The number of amides is 1. The van der Waals surface area contributed by atoms with Crippen LogP contribution in [-0.2, 0) is 10.0 Å². The number of aromatic nitrogens is 3. The van der Waals surface area contributed by atoms with Crippen molar-refractivity contribution in [1.29, 1.82) is 0 Å². The largest absolute Gasteiger partial charge is 0.405 e. The van der Waals surface area contributed by atoms with E-state index in [1.165, 1.54) is 28.6 Å². The van der Waals surface area contributed by atoms with E-state index >= 15 is 0 Å². The van der Waals surface area contributed by atoms with Gasteiger partial charge in [0.25, 0.3) is 5.91 Å². The molecule has 1 aliphatic heterocycles. The van der Waals surface area contributed by atoms with E-state index in [0.717, 1.165) is 6.42 Å². The SMILES string of the molecule is Cc1nc([C@H]2CCCN(S(=O)(=O)c3ccc(C(=O)NCC(F)(F)F)cc3)C2)n[nH]1. The van der Waals surface area contributed by atoms with E-state index in [0.29, 0.717) is 24.6 Å². The highest BCUT2D eigenvalue weighted by molar-refractivity contribution is 7.89. The molecule has 0 aliphatic carbocycles. The van der Waals surface area contributed by atoms with Gasteiger partial charge in [-0.3, -0.25) is 9.89 Å². The monoisotopic (exact) mass is 431 g/mol. The lowest BCUT2D eigenvalue weighted by Crippen LogP contribution is -2.39. The Morgan fingerprint density at radius 2 is 2.00 bits per heavy atom. The van der Waals surface area contributed by atoms with E-state index in [4.69, 9.17) is 0 Å². The third kappa shape index (κ3) is 5.12. The molecule has 0 unspecified atom stereocenters. The number of aryl methyl sites for hydroxylation is 1. The van der Waals surface area contributed by atoms with Crippen molar-refractivity contribution in [2.45, 2.75) is 36.8 Å². The maximum Gasteiger partial charge on any atom is 0.405 e. The number of aromatic amines is 1. The van der Waals surface area contributed by atoms with Gasteiger partial charge in [0.2, 0.25) is 10.0 Å². The van der Waals surface area contributed by atoms with Crippen LogP contribution >= 0.6 is 0 Å². The van der Waals surface area contributed by atoms with Crippen LogP contribution in [0.4, 0.5) is 13.2 Å². The smallest absolute Gasteiger partial charge is 0.343 e. The number of rotatable bonds is 5. The van der Waals surface area contributed by atoms with Crippen molar-refractivity contribution in [2.24, 2.45) is 0 Å². The zero-order chi connectivity index (χ0) is 21.2. The van der Waals surface area contributed by atoms with Gasteiger partial charge in [-0.05, 0) is 44.0 Å². The summed E-state index contributed by atoms with van der Waals surface area (Å²) >= 11 is 0. The number of benzene rings is 1. The lowest BCUT2D eigenvalue weighted by Gasteiger charge is -2.30. The lowest BCUT2D eigenvalue weighted by molar-refractivity contribution is -0.123. The van der Waals surface area contributed by atoms with E-state index in [-0.39, 0.29) is 22.9 Å². The van der Waals surface area contributed by atoms with Crippen LogP contribution in [-0.4, -0.2) is 59.6 Å². The summed E-state index contributed by atoms with van der Waals surface area (Å²) in [5.74, 6) is 0.165. The first kappa shape index (κ1) is 21.2. The summed E-state index contributed by atoms with van der Waals surface area (Å²) in [6.45, 7) is 0.880. The zero-order valence-electron chi connectivity index (χ0n) is 15.5. The van der Waals surface area contributed by atoms with Crippen LogP contribution < -0.4 is 5.32 Å². The molecule has 158 valence electrons. The summed E-state index contributed by atoms with van der Waals surface area (Å²) in [6.07, 6.45) is -3.11. The first-order valence-electron chi connectivity index (χ1n) is 8.90. The molecule has 8 nitrogen and oxygen atoms in total. The molecule has 1 saturated heterocycles. The molecule has 0 saturated carbocycles. The van der Waals surface area contributed by atoms with E-state index in [9.17, 15) is 26.4 Å². The van der Waals surface area contributed by atoms with Gasteiger partial charge < -0.3 is 5.32 Å². The molecule has 0 radical (unpaired) electrons. The van der Waals surface area contributed by atoms with Gasteiger partial charge in [0.05, 0.1) is 4.90 Å². The van der Waals surface area contributed by atoms with Gasteiger partial charge in [-0.1, -0.05) is 0 Å². The molecule has 2 aromatic rings. The number of alkyl halides is 3. The molecule has 1 aromatic carbocycles. The van der Waals surface area contributed by atoms with Crippen LogP contribution in [0.1, 0.15) is 40.8 Å². The third-order valence-corrected chi connectivity index (χ3v) is 6.45. The Morgan fingerprint density at radius 1 is 1.31 bits per heavy atom. The summed E-state index contributed by atoms with van der Waals surface area (Å²) in [4.78, 5) is 16.0. The molecule has 1 fully saturated rings. The molecule has 2 N–H and O–H groups in total. The minimum Gasteiger partial charge on any atom is -0.343 e. The second-order valence-electron chi connectivity index (χ2n) is 6.80. The molecule has 0 bridgehead atoms. The molecular formula is C17H20F3N5O3S. The summed E-state index contributed by atoms with van der Waals surface area (Å²) < 4.78 is 63.8. The molecule has 1 amide bonds. The number of piperidine rings is 1. The van der Waals surface area contributed by atoms with Crippen molar-refractivity contribution in [3.05, 3.63) is 41.5 Å². The van der Waals surface area contributed by atoms with Crippen LogP contribution in [0, 0.1) is 6.92 Å². The first-order chi connectivity index (χ1) is 13.6. The van der Waals surface area contributed by atoms with Gasteiger partial charge in [-0.2, -0.15) is 22.6 Å². The molecule has 1 aromatic heterocycles. The summed E-state index contributed by atoms with van der Waals surface area (Å²) in [6, 6.07) is 4.83. The summed E-state index contributed by atoms with van der Waals surface area (Å²) in [7, 11) is -3.82. The summed E-state index contributed by atoms with van der Waals surface area (Å²) in [5.41, 5.74) is -0.0547. The van der Waals surface area contributed by atoms with Gasteiger partial charge in [0, 0.05) is 24.6 Å². The Bertz CT molecular complexity index is 973. The van der Waals surface area contributed by atoms with E-state index in [1.54, 1.807) is 12.2 Å². The fourth-order valence-corrected chi connectivity index (χ4v) is 4.65. The van der Waals surface area contributed by atoms with Gasteiger partial charge in [0.1, 0.15) is 12.4 Å².